The summed E-state index contributed by atoms with van der Waals surface area (Å²) < 4.78 is 0. The molecule has 0 aliphatic carbocycles. The van der Waals surface area contributed by atoms with Crippen molar-refractivity contribution in [2.24, 2.45) is 5.92 Å². The number of benzene rings is 2. The Morgan fingerprint density at radius 2 is 1.93 bits per heavy atom. The van der Waals surface area contributed by atoms with Gasteiger partial charge in [-0.05, 0) is 75.0 Å². The number of hydrogen-bond acceptors (Lipinski definition) is 3. The van der Waals surface area contributed by atoms with Gasteiger partial charge in [-0.2, -0.15) is 0 Å². The normalized spacial score (nSPS) is 16.2. The molecule has 1 heterocycles. The molecule has 1 unspecified atom stereocenters. The molecule has 1 aliphatic heterocycles. The Bertz CT molecular complexity index is 801. The van der Waals surface area contributed by atoms with E-state index in [2.05, 4.69) is 21.3 Å². The first kappa shape index (κ1) is 19.9. The summed E-state index contributed by atoms with van der Waals surface area (Å²) in [4.78, 5) is 24.7. The van der Waals surface area contributed by atoms with E-state index >= 15 is 0 Å². The summed E-state index contributed by atoms with van der Waals surface area (Å²) in [5, 5.41) is 12.0. The second-order valence-electron chi connectivity index (χ2n) is 7.23. The molecule has 3 rings (SSSR count). The lowest BCUT2D eigenvalue weighted by atomic mass is 9.96. The fraction of sp³-hybridized carbons (Fsp3) is 0.364. The third-order valence-electron chi connectivity index (χ3n) is 5.02. The van der Waals surface area contributed by atoms with Crippen LogP contribution in [-0.4, -0.2) is 31.6 Å². The van der Waals surface area contributed by atoms with Gasteiger partial charge in [0.25, 0.3) is 5.91 Å². The number of urea groups is 1. The highest BCUT2D eigenvalue weighted by Gasteiger charge is 2.14. The molecule has 0 radical (unpaired) electrons. The van der Waals surface area contributed by atoms with Gasteiger partial charge < -0.3 is 21.3 Å². The Hall–Kier alpha value is -2.86. The van der Waals surface area contributed by atoms with Gasteiger partial charge in [0.05, 0.1) is 0 Å². The van der Waals surface area contributed by atoms with Crippen LogP contribution in [0.15, 0.2) is 48.5 Å². The first-order valence-corrected chi connectivity index (χ1v) is 9.84. The second kappa shape index (κ2) is 9.90. The zero-order chi connectivity index (χ0) is 19.8. The van der Waals surface area contributed by atoms with Crippen LogP contribution in [0, 0.1) is 12.8 Å². The molecular weight excluding hydrogens is 352 g/mol. The van der Waals surface area contributed by atoms with Crippen LogP contribution >= 0.6 is 0 Å². The van der Waals surface area contributed by atoms with Gasteiger partial charge in [0, 0.05) is 23.5 Å². The number of piperidine rings is 1. The Morgan fingerprint density at radius 1 is 1.11 bits per heavy atom. The van der Waals surface area contributed by atoms with Crippen LogP contribution in [0.3, 0.4) is 0 Å². The van der Waals surface area contributed by atoms with Gasteiger partial charge in [-0.1, -0.05) is 24.3 Å². The predicted molar refractivity (Wildman–Crippen MR) is 113 cm³/mol. The van der Waals surface area contributed by atoms with Crippen LogP contribution in [0.25, 0.3) is 0 Å². The highest BCUT2D eigenvalue weighted by Crippen LogP contribution is 2.18. The number of carbonyl (C=O) groups excluding carboxylic acids is 2. The van der Waals surface area contributed by atoms with E-state index in [0.717, 1.165) is 25.1 Å². The summed E-state index contributed by atoms with van der Waals surface area (Å²) in [5.41, 5.74) is 2.77. The smallest absolute Gasteiger partial charge is 0.323 e. The predicted octanol–water partition coefficient (Wildman–Crippen LogP) is 3.76. The quantitative estimate of drug-likeness (QED) is 0.616. The minimum atomic E-state index is -0.336. The zero-order valence-corrected chi connectivity index (χ0v) is 16.3. The largest absolute Gasteiger partial charge is 0.352 e. The number of nitrogens with one attached hydrogen (secondary N) is 4. The number of rotatable bonds is 6. The lowest BCUT2D eigenvalue weighted by Crippen LogP contribution is -2.33. The lowest BCUT2D eigenvalue weighted by molar-refractivity contribution is 0.0950. The molecule has 2 aromatic rings. The maximum Gasteiger partial charge on any atom is 0.323 e. The number of amides is 3. The number of anilines is 2. The molecule has 1 fully saturated rings. The van der Waals surface area contributed by atoms with Gasteiger partial charge in [-0.15, -0.1) is 0 Å². The average molecular weight is 380 g/mol. The van der Waals surface area contributed by atoms with Gasteiger partial charge in [0.15, 0.2) is 0 Å². The number of para-hydroxylation sites is 1. The van der Waals surface area contributed by atoms with Crippen molar-refractivity contribution in [3.8, 4) is 0 Å². The van der Waals surface area contributed by atoms with E-state index in [0.29, 0.717) is 29.4 Å². The van der Waals surface area contributed by atoms with Gasteiger partial charge >= 0.3 is 6.03 Å². The molecule has 0 saturated carbocycles. The number of carbonyl (C=O) groups is 2. The van der Waals surface area contributed by atoms with Crippen LogP contribution in [-0.2, 0) is 0 Å². The minimum Gasteiger partial charge on any atom is -0.352 e. The Labute approximate surface area is 166 Å². The van der Waals surface area contributed by atoms with Crippen molar-refractivity contribution in [2.75, 3.05) is 30.3 Å². The van der Waals surface area contributed by atoms with E-state index in [1.165, 1.54) is 12.8 Å². The van der Waals surface area contributed by atoms with Crippen molar-refractivity contribution in [3.63, 3.8) is 0 Å². The monoisotopic (exact) mass is 380 g/mol. The van der Waals surface area contributed by atoms with Crippen LogP contribution in [0.5, 0.6) is 0 Å². The standard InChI is InChI=1S/C22H28N4O2/c1-16-9-10-18(21(27)24-13-11-17-6-5-12-23-15-17)14-20(16)26-22(28)25-19-7-3-2-4-8-19/h2-4,7-10,14,17,23H,5-6,11-13,15H2,1H3,(H,24,27)(H2,25,26,28). The topological polar surface area (TPSA) is 82.3 Å². The third kappa shape index (κ3) is 5.82. The van der Waals surface area contributed by atoms with Gasteiger partial charge in [-0.3, -0.25) is 4.79 Å². The zero-order valence-electron chi connectivity index (χ0n) is 16.3. The van der Waals surface area contributed by atoms with Gasteiger partial charge in [0.2, 0.25) is 0 Å². The third-order valence-corrected chi connectivity index (χ3v) is 5.02. The molecule has 28 heavy (non-hydrogen) atoms. The van der Waals surface area contributed by atoms with E-state index in [9.17, 15) is 9.59 Å². The Morgan fingerprint density at radius 3 is 2.68 bits per heavy atom. The Balaban J connectivity index is 1.54. The Kier molecular flexibility index (Phi) is 7.03. The summed E-state index contributed by atoms with van der Waals surface area (Å²) in [6.45, 7) is 4.69. The fourth-order valence-electron chi connectivity index (χ4n) is 3.37. The molecule has 1 saturated heterocycles. The maximum absolute atomic E-state index is 12.5. The molecular formula is C22H28N4O2. The highest BCUT2D eigenvalue weighted by atomic mass is 16.2. The van der Waals surface area contributed by atoms with Crippen LogP contribution in [0.2, 0.25) is 0 Å². The summed E-state index contributed by atoms with van der Waals surface area (Å²) in [5.74, 6) is 0.515. The van der Waals surface area contributed by atoms with Crippen molar-refractivity contribution < 1.29 is 9.59 Å². The van der Waals surface area contributed by atoms with E-state index in [4.69, 9.17) is 0 Å². The van der Waals surface area contributed by atoms with E-state index in [1.807, 2.05) is 43.3 Å². The van der Waals surface area contributed by atoms with Crippen LogP contribution in [0.1, 0.15) is 35.2 Å². The number of hydrogen-bond donors (Lipinski definition) is 4. The van der Waals surface area contributed by atoms with Crippen molar-refractivity contribution >= 4 is 23.3 Å². The van der Waals surface area contributed by atoms with Gasteiger partial charge in [0.1, 0.15) is 0 Å². The van der Waals surface area contributed by atoms with Crippen molar-refractivity contribution in [2.45, 2.75) is 26.2 Å². The van der Waals surface area contributed by atoms with Crippen molar-refractivity contribution in [1.29, 1.82) is 0 Å². The second-order valence-corrected chi connectivity index (χ2v) is 7.23. The molecule has 0 bridgehead atoms. The van der Waals surface area contributed by atoms with Crippen LogP contribution in [0.4, 0.5) is 16.2 Å². The maximum atomic E-state index is 12.5. The first-order valence-electron chi connectivity index (χ1n) is 9.84. The molecule has 3 amide bonds. The SMILES string of the molecule is Cc1ccc(C(=O)NCCC2CCCNC2)cc1NC(=O)Nc1ccccc1. The molecule has 1 atom stereocenters. The summed E-state index contributed by atoms with van der Waals surface area (Å²) in [6, 6.07) is 14.3. The molecule has 2 aromatic carbocycles. The van der Waals surface area contributed by atoms with E-state index in [1.54, 1.807) is 12.1 Å². The molecule has 0 aromatic heterocycles. The molecule has 4 N–H and O–H groups in total. The average Bonchev–Trinajstić information content (AvgIpc) is 2.71. The molecule has 6 heteroatoms. The molecule has 148 valence electrons. The fourth-order valence-corrected chi connectivity index (χ4v) is 3.37. The molecule has 6 nitrogen and oxygen atoms in total. The van der Waals surface area contributed by atoms with Crippen LogP contribution < -0.4 is 21.3 Å². The highest BCUT2D eigenvalue weighted by molar-refractivity contribution is 6.02. The minimum absolute atomic E-state index is 0.115. The van der Waals surface area contributed by atoms with E-state index < -0.39 is 0 Å². The number of aryl methyl sites for hydroxylation is 1. The van der Waals surface area contributed by atoms with E-state index in [-0.39, 0.29) is 11.9 Å². The molecule has 1 aliphatic rings. The summed E-state index contributed by atoms with van der Waals surface area (Å²) in [7, 11) is 0. The lowest BCUT2D eigenvalue weighted by Gasteiger charge is -2.22. The first-order chi connectivity index (χ1) is 13.6. The van der Waals surface area contributed by atoms with Gasteiger partial charge in [-0.25, -0.2) is 4.79 Å². The summed E-state index contributed by atoms with van der Waals surface area (Å²) in [6.07, 6.45) is 3.41. The summed E-state index contributed by atoms with van der Waals surface area (Å²) >= 11 is 0. The molecule has 0 spiro atoms. The van der Waals surface area contributed by atoms with Crippen molar-refractivity contribution in [3.05, 3.63) is 59.7 Å². The van der Waals surface area contributed by atoms with Crippen molar-refractivity contribution in [1.82, 2.24) is 10.6 Å².